The number of aromatic nitrogens is 1. The summed E-state index contributed by atoms with van der Waals surface area (Å²) < 4.78 is 5.53. The molecule has 1 aromatic heterocycles. The molecule has 9 heteroatoms. The minimum absolute atomic E-state index is 0. The van der Waals surface area contributed by atoms with Crippen molar-refractivity contribution in [2.45, 2.75) is 26.4 Å². The van der Waals surface area contributed by atoms with Crippen LogP contribution in [0.25, 0.3) is 0 Å². The normalized spacial score (nSPS) is 16.2. The van der Waals surface area contributed by atoms with Crippen LogP contribution in [0.4, 0.5) is 0 Å². The van der Waals surface area contributed by atoms with Gasteiger partial charge in [-0.2, -0.15) is 0 Å². The Labute approximate surface area is 199 Å². The SMILES string of the molecule is CN=C(NCc1sc(C)nc1C)NCC(c1ccccc1Cl)N1CCOCC1.I. The number of ether oxygens (including phenoxy) is 1. The Kier molecular flexibility index (Phi) is 10.1. The van der Waals surface area contributed by atoms with E-state index in [4.69, 9.17) is 16.3 Å². The molecule has 1 fully saturated rings. The zero-order chi connectivity index (χ0) is 19.9. The first-order chi connectivity index (χ1) is 13.6. The van der Waals surface area contributed by atoms with Gasteiger partial charge in [0.15, 0.2) is 5.96 Å². The van der Waals surface area contributed by atoms with Crippen LogP contribution in [-0.4, -0.2) is 55.7 Å². The lowest BCUT2D eigenvalue weighted by Gasteiger charge is -2.35. The molecule has 1 unspecified atom stereocenters. The molecule has 1 aromatic carbocycles. The van der Waals surface area contributed by atoms with E-state index in [0.717, 1.165) is 53.6 Å². The second kappa shape index (κ2) is 12.0. The topological polar surface area (TPSA) is 61.8 Å². The van der Waals surface area contributed by atoms with Crippen LogP contribution in [-0.2, 0) is 11.3 Å². The number of hydrogen-bond acceptors (Lipinski definition) is 5. The minimum Gasteiger partial charge on any atom is -0.379 e. The molecule has 0 radical (unpaired) electrons. The molecule has 2 N–H and O–H groups in total. The molecule has 29 heavy (non-hydrogen) atoms. The summed E-state index contributed by atoms with van der Waals surface area (Å²) in [6, 6.07) is 8.21. The number of morpholine rings is 1. The molecule has 3 rings (SSSR count). The lowest BCUT2D eigenvalue weighted by atomic mass is 10.0. The zero-order valence-corrected chi connectivity index (χ0v) is 21.0. The summed E-state index contributed by atoms with van der Waals surface area (Å²) in [6.45, 7) is 8.78. The molecule has 160 valence electrons. The lowest BCUT2D eigenvalue weighted by Crippen LogP contribution is -2.46. The van der Waals surface area contributed by atoms with E-state index in [9.17, 15) is 0 Å². The molecule has 1 saturated heterocycles. The standard InChI is InChI=1S/C20H28ClN5OS.HI/c1-14-19(28-15(2)25-14)13-24-20(22-3)23-12-18(26-8-10-27-11-9-26)16-6-4-5-7-17(16)21;/h4-7,18H,8-13H2,1-3H3,(H2,22,23,24);1H. The smallest absolute Gasteiger partial charge is 0.191 e. The molecule has 1 aliphatic heterocycles. The highest BCUT2D eigenvalue weighted by atomic mass is 127. The van der Waals surface area contributed by atoms with Crippen molar-refractivity contribution < 1.29 is 4.74 Å². The largest absolute Gasteiger partial charge is 0.379 e. The van der Waals surface area contributed by atoms with Gasteiger partial charge < -0.3 is 15.4 Å². The molecular formula is C20H29ClIN5OS. The van der Waals surface area contributed by atoms with E-state index >= 15 is 0 Å². The summed E-state index contributed by atoms with van der Waals surface area (Å²) in [5.41, 5.74) is 2.20. The molecule has 1 aliphatic rings. The number of halogens is 2. The maximum Gasteiger partial charge on any atom is 0.191 e. The maximum absolute atomic E-state index is 6.51. The Balaban J connectivity index is 0.00000300. The van der Waals surface area contributed by atoms with Crippen LogP contribution in [0.2, 0.25) is 5.02 Å². The predicted molar refractivity (Wildman–Crippen MR) is 132 cm³/mol. The first-order valence-corrected chi connectivity index (χ1v) is 10.7. The van der Waals surface area contributed by atoms with Gasteiger partial charge in [0.1, 0.15) is 0 Å². The average molecular weight is 550 g/mol. The van der Waals surface area contributed by atoms with Gasteiger partial charge in [-0.05, 0) is 25.5 Å². The van der Waals surface area contributed by atoms with Crippen LogP contribution in [0, 0.1) is 13.8 Å². The van der Waals surface area contributed by atoms with Gasteiger partial charge in [-0.1, -0.05) is 29.8 Å². The molecular weight excluding hydrogens is 521 g/mol. The van der Waals surface area contributed by atoms with E-state index in [2.05, 4.69) is 31.6 Å². The fraction of sp³-hybridized carbons (Fsp3) is 0.500. The molecule has 0 spiro atoms. The summed E-state index contributed by atoms with van der Waals surface area (Å²) in [4.78, 5) is 12.5. The van der Waals surface area contributed by atoms with Crippen LogP contribution in [0.15, 0.2) is 29.3 Å². The Morgan fingerprint density at radius 1 is 1.28 bits per heavy atom. The van der Waals surface area contributed by atoms with Gasteiger partial charge in [-0.25, -0.2) is 4.98 Å². The highest BCUT2D eigenvalue weighted by Crippen LogP contribution is 2.27. The van der Waals surface area contributed by atoms with Gasteiger partial charge in [0.2, 0.25) is 0 Å². The predicted octanol–water partition coefficient (Wildman–Crippen LogP) is 3.77. The Morgan fingerprint density at radius 2 is 2.00 bits per heavy atom. The van der Waals surface area contributed by atoms with Gasteiger partial charge >= 0.3 is 0 Å². The number of hydrogen-bond donors (Lipinski definition) is 2. The number of benzene rings is 1. The highest BCUT2D eigenvalue weighted by molar-refractivity contribution is 14.0. The molecule has 0 aliphatic carbocycles. The Hall–Kier alpha value is -0.940. The van der Waals surface area contributed by atoms with Gasteiger partial charge in [0.05, 0.1) is 36.5 Å². The van der Waals surface area contributed by atoms with Crippen molar-refractivity contribution in [2.24, 2.45) is 4.99 Å². The third kappa shape index (κ3) is 6.78. The third-order valence-corrected chi connectivity index (χ3v) is 6.27. The monoisotopic (exact) mass is 549 g/mol. The number of guanidine groups is 1. The van der Waals surface area contributed by atoms with Crippen molar-refractivity contribution in [3.8, 4) is 0 Å². The van der Waals surface area contributed by atoms with E-state index in [1.54, 1.807) is 18.4 Å². The van der Waals surface area contributed by atoms with Gasteiger partial charge in [-0.3, -0.25) is 9.89 Å². The third-order valence-electron chi connectivity index (χ3n) is 4.85. The van der Waals surface area contributed by atoms with E-state index < -0.39 is 0 Å². The average Bonchev–Trinajstić information content (AvgIpc) is 3.03. The van der Waals surface area contributed by atoms with Crippen molar-refractivity contribution in [1.82, 2.24) is 20.5 Å². The summed E-state index contributed by atoms with van der Waals surface area (Å²) >= 11 is 8.23. The number of rotatable bonds is 6. The van der Waals surface area contributed by atoms with Crippen LogP contribution in [0.1, 0.15) is 27.2 Å². The molecule has 2 aromatic rings. The molecule has 0 bridgehead atoms. The fourth-order valence-electron chi connectivity index (χ4n) is 3.39. The van der Waals surface area contributed by atoms with Crippen molar-refractivity contribution in [2.75, 3.05) is 39.9 Å². The fourth-order valence-corrected chi connectivity index (χ4v) is 4.52. The van der Waals surface area contributed by atoms with Crippen LogP contribution < -0.4 is 10.6 Å². The van der Waals surface area contributed by atoms with Crippen molar-refractivity contribution >= 4 is 52.9 Å². The zero-order valence-electron chi connectivity index (χ0n) is 17.1. The number of nitrogens with one attached hydrogen (secondary N) is 2. The molecule has 2 heterocycles. The molecule has 1 atom stereocenters. The molecule has 0 saturated carbocycles. The number of nitrogens with zero attached hydrogens (tertiary/aromatic N) is 3. The second-order valence-corrected chi connectivity index (χ2v) is 8.43. The molecule has 6 nitrogen and oxygen atoms in total. The lowest BCUT2D eigenvalue weighted by molar-refractivity contribution is 0.0170. The maximum atomic E-state index is 6.51. The Morgan fingerprint density at radius 3 is 2.62 bits per heavy atom. The highest BCUT2D eigenvalue weighted by Gasteiger charge is 2.24. The first kappa shape index (κ1) is 24.3. The van der Waals surface area contributed by atoms with E-state index in [-0.39, 0.29) is 30.0 Å². The summed E-state index contributed by atoms with van der Waals surface area (Å²) in [5.74, 6) is 0.774. The number of aryl methyl sites for hydroxylation is 2. The quantitative estimate of drug-likeness (QED) is 0.326. The first-order valence-electron chi connectivity index (χ1n) is 9.52. The minimum atomic E-state index is 0. The van der Waals surface area contributed by atoms with E-state index in [1.165, 1.54) is 4.88 Å². The number of thiazole rings is 1. The van der Waals surface area contributed by atoms with Crippen molar-refractivity contribution in [1.29, 1.82) is 0 Å². The number of aliphatic imine (C=N–C) groups is 1. The van der Waals surface area contributed by atoms with Crippen LogP contribution >= 0.6 is 46.9 Å². The van der Waals surface area contributed by atoms with Gasteiger partial charge in [0, 0.05) is 36.6 Å². The van der Waals surface area contributed by atoms with Crippen molar-refractivity contribution in [3.05, 3.63) is 50.4 Å². The summed E-state index contributed by atoms with van der Waals surface area (Å²) in [7, 11) is 1.79. The Bertz CT molecular complexity index is 810. The van der Waals surface area contributed by atoms with E-state index in [0.29, 0.717) is 13.1 Å². The molecule has 0 amide bonds. The van der Waals surface area contributed by atoms with Gasteiger partial charge in [0.25, 0.3) is 0 Å². The summed E-state index contributed by atoms with van der Waals surface area (Å²) in [6.07, 6.45) is 0. The summed E-state index contributed by atoms with van der Waals surface area (Å²) in [5, 5.41) is 8.75. The second-order valence-electron chi connectivity index (χ2n) is 6.73. The van der Waals surface area contributed by atoms with Gasteiger partial charge in [-0.15, -0.1) is 35.3 Å². The van der Waals surface area contributed by atoms with Crippen molar-refractivity contribution in [3.63, 3.8) is 0 Å². The van der Waals surface area contributed by atoms with Crippen LogP contribution in [0.5, 0.6) is 0 Å². The van der Waals surface area contributed by atoms with E-state index in [1.807, 2.05) is 32.0 Å². The van der Waals surface area contributed by atoms with Crippen LogP contribution in [0.3, 0.4) is 0 Å².